The molecule has 7 heteroatoms. The van der Waals surface area contributed by atoms with E-state index in [0.29, 0.717) is 28.2 Å². The van der Waals surface area contributed by atoms with Gasteiger partial charge in [-0.1, -0.05) is 24.3 Å². The van der Waals surface area contributed by atoms with Crippen molar-refractivity contribution >= 4 is 51.3 Å². The van der Waals surface area contributed by atoms with Crippen molar-refractivity contribution in [1.29, 1.82) is 0 Å². The summed E-state index contributed by atoms with van der Waals surface area (Å²) in [6.07, 6.45) is -0.978. The number of nitrogens with one attached hydrogen (secondary N) is 1. The molecule has 0 fully saturated rings. The predicted molar refractivity (Wildman–Crippen MR) is 122 cm³/mol. The van der Waals surface area contributed by atoms with E-state index in [1.807, 2.05) is 36.4 Å². The van der Waals surface area contributed by atoms with Gasteiger partial charge in [-0.2, -0.15) is 0 Å². The van der Waals surface area contributed by atoms with Gasteiger partial charge in [0, 0.05) is 9.26 Å². The first kappa shape index (κ1) is 20.1. The van der Waals surface area contributed by atoms with Crippen molar-refractivity contribution in [3.63, 3.8) is 0 Å². The van der Waals surface area contributed by atoms with E-state index < -0.39 is 18.0 Å². The summed E-state index contributed by atoms with van der Waals surface area (Å²) in [5, 5.41) is 2.74. The fourth-order valence-corrected chi connectivity index (χ4v) is 3.25. The minimum absolute atomic E-state index is 0.276. The van der Waals surface area contributed by atoms with E-state index >= 15 is 0 Å². The van der Waals surface area contributed by atoms with E-state index in [1.54, 1.807) is 36.4 Å². The average Bonchev–Trinajstić information content (AvgIpc) is 3.19. The molecular weight excluding hydrogens is 495 g/mol. The highest BCUT2D eigenvalue weighted by molar-refractivity contribution is 14.1. The van der Waals surface area contributed by atoms with Crippen molar-refractivity contribution in [3.05, 3.63) is 81.9 Å². The summed E-state index contributed by atoms with van der Waals surface area (Å²) in [6, 6.07) is 21.6. The molecule has 0 aliphatic heterocycles. The lowest BCUT2D eigenvalue weighted by atomic mass is 10.1. The molecule has 4 rings (SSSR count). The highest BCUT2D eigenvalue weighted by Gasteiger charge is 2.23. The van der Waals surface area contributed by atoms with Crippen LogP contribution in [0, 0.1) is 3.57 Å². The number of oxazole rings is 1. The average molecular weight is 512 g/mol. The zero-order valence-electron chi connectivity index (χ0n) is 16.0. The molecule has 1 amide bonds. The number of benzene rings is 3. The quantitative estimate of drug-likeness (QED) is 0.291. The molecule has 0 aliphatic carbocycles. The molecule has 30 heavy (non-hydrogen) atoms. The van der Waals surface area contributed by atoms with Crippen LogP contribution in [-0.4, -0.2) is 23.0 Å². The molecular formula is C23H17IN2O4. The Hall–Kier alpha value is -3.20. The maximum atomic E-state index is 12.8. The molecule has 3 aromatic carbocycles. The van der Waals surface area contributed by atoms with Crippen molar-refractivity contribution in [2.45, 2.75) is 13.0 Å². The lowest BCUT2D eigenvalue weighted by Crippen LogP contribution is -2.30. The van der Waals surface area contributed by atoms with Gasteiger partial charge in [0.1, 0.15) is 5.52 Å². The minimum Gasteiger partial charge on any atom is -0.449 e. The number of hydrogen-bond acceptors (Lipinski definition) is 5. The first-order valence-corrected chi connectivity index (χ1v) is 10.3. The van der Waals surface area contributed by atoms with Crippen LogP contribution in [0.15, 0.2) is 77.2 Å². The normalized spacial score (nSPS) is 11.8. The summed E-state index contributed by atoms with van der Waals surface area (Å²) >= 11 is 2.18. The van der Waals surface area contributed by atoms with Gasteiger partial charge in [-0.3, -0.25) is 4.79 Å². The number of anilines is 1. The molecule has 4 aromatic rings. The second-order valence-corrected chi connectivity index (χ2v) is 7.82. The van der Waals surface area contributed by atoms with Crippen molar-refractivity contribution in [3.8, 4) is 11.5 Å². The number of fused-ring (bicyclic) bond motifs is 1. The number of hydrogen-bond donors (Lipinski definition) is 1. The number of nitrogens with zero attached hydrogens (tertiary/aromatic N) is 1. The molecule has 6 nitrogen and oxygen atoms in total. The van der Waals surface area contributed by atoms with Crippen LogP contribution >= 0.6 is 22.6 Å². The number of carbonyl (C=O) groups excluding carboxylic acids is 2. The van der Waals surface area contributed by atoms with E-state index in [0.717, 1.165) is 3.57 Å². The van der Waals surface area contributed by atoms with E-state index in [4.69, 9.17) is 9.15 Å². The van der Waals surface area contributed by atoms with Crippen LogP contribution < -0.4 is 5.32 Å². The summed E-state index contributed by atoms with van der Waals surface area (Å²) in [4.78, 5) is 29.7. The van der Waals surface area contributed by atoms with Gasteiger partial charge in [-0.05, 0) is 78.0 Å². The first-order valence-electron chi connectivity index (χ1n) is 9.23. The largest absolute Gasteiger partial charge is 0.449 e. The van der Waals surface area contributed by atoms with E-state index in [1.165, 1.54) is 6.92 Å². The maximum absolute atomic E-state index is 12.8. The second-order valence-electron chi connectivity index (χ2n) is 6.58. The van der Waals surface area contributed by atoms with E-state index in [-0.39, 0.29) is 5.56 Å². The Morgan fingerprint density at radius 1 is 1.00 bits per heavy atom. The van der Waals surface area contributed by atoms with Gasteiger partial charge >= 0.3 is 5.97 Å². The lowest BCUT2D eigenvalue weighted by molar-refractivity contribution is -0.123. The Kier molecular flexibility index (Phi) is 5.80. The fraction of sp³-hybridized carbons (Fsp3) is 0.0870. The summed E-state index contributed by atoms with van der Waals surface area (Å²) < 4.78 is 12.3. The highest BCUT2D eigenvalue weighted by Crippen LogP contribution is 2.27. The Balaban J connectivity index is 1.52. The van der Waals surface area contributed by atoms with Gasteiger partial charge in [-0.15, -0.1) is 0 Å². The topological polar surface area (TPSA) is 81.4 Å². The highest BCUT2D eigenvalue weighted by atomic mass is 127. The molecule has 1 atom stereocenters. The van der Waals surface area contributed by atoms with Gasteiger partial charge in [-0.25, -0.2) is 9.78 Å². The number of halogens is 1. The van der Waals surface area contributed by atoms with Crippen LogP contribution in [0.25, 0.3) is 22.6 Å². The van der Waals surface area contributed by atoms with Gasteiger partial charge in [0.05, 0.1) is 11.1 Å². The van der Waals surface area contributed by atoms with Crippen LogP contribution in [0.1, 0.15) is 17.3 Å². The molecule has 150 valence electrons. The number of rotatable bonds is 5. The van der Waals surface area contributed by atoms with Crippen molar-refractivity contribution in [2.24, 2.45) is 0 Å². The number of aromatic nitrogens is 1. The molecule has 0 bridgehead atoms. The molecule has 1 aromatic heterocycles. The molecule has 1 heterocycles. The third-order valence-electron chi connectivity index (χ3n) is 4.44. The molecule has 0 radical (unpaired) electrons. The smallest absolute Gasteiger partial charge is 0.339 e. The van der Waals surface area contributed by atoms with Gasteiger partial charge in [0.25, 0.3) is 5.91 Å². The van der Waals surface area contributed by atoms with Gasteiger partial charge < -0.3 is 14.5 Å². The fourth-order valence-electron chi connectivity index (χ4n) is 2.89. The van der Waals surface area contributed by atoms with Crippen molar-refractivity contribution < 1.29 is 18.7 Å². The summed E-state index contributed by atoms with van der Waals surface area (Å²) in [5.74, 6) is -0.721. The second kappa shape index (κ2) is 8.66. The maximum Gasteiger partial charge on any atom is 0.339 e. The Morgan fingerprint density at radius 3 is 2.47 bits per heavy atom. The molecule has 0 saturated carbocycles. The Labute approximate surface area is 186 Å². The van der Waals surface area contributed by atoms with Gasteiger partial charge in [0.15, 0.2) is 11.7 Å². The van der Waals surface area contributed by atoms with Crippen LogP contribution in [0.4, 0.5) is 5.69 Å². The third kappa shape index (κ3) is 4.35. The third-order valence-corrected chi connectivity index (χ3v) is 5.16. The molecule has 1 unspecified atom stereocenters. The Bertz CT molecular complexity index is 1180. The van der Waals surface area contributed by atoms with Crippen molar-refractivity contribution in [2.75, 3.05) is 5.32 Å². The monoisotopic (exact) mass is 512 g/mol. The number of carbonyl (C=O) groups is 2. The molecule has 0 aliphatic rings. The number of ether oxygens (including phenoxy) is 1. The molecule has 0 spiro atoms. The number of amides is 1. The standard InChI is InChI=1S/C23H17IN2O4/c1-14(21(27)25-16-12-10-15(24)11-13-16)29-23(28)18-7-3-2-6-17(18)22-26-19-8-4-5-9-20(19)30-22/h2-14H,1H3,(H,25,27). The number of para-hydroxylation sites is 2. The lowest BCUT2D eigenvalue weighted by Gasteiger charge is -2.14. The minimum atomic E-state index is -0.978. The van der Waals surface area contributed by atoms with Crippen LogP contribution in [0.5, 0.6) is 0 Å². The van der Waals surface area contributed by atoms with E-state index in [2.05, 4.69) is 32.9 Å². The SMILES string of the molecule is CC(OC(=O)c1ccccc1-c1nc2ccccc2o1)C(=O)Nc1ccc(I)cc1. The summed E-state index contributed by atoms with van der Waals surface area (Å²) in [7, 11) is 0. The van der Waals surface area contributed by atoms with Gasteiger partial charge in [0.2, 0.25) is 5.89 Å². The predicted octanol–water partition coefficient (Wildman–Crippen LogP) is 5.28. The summed E-state index contributed by atoms with van der Waals surface area (Å²) in [6.45, 7) is 1.53. The van der Waals surface area contributed by atoms with E-state index in [9.17, 15) is 9.59 Å². The number of esters is 1. The first-order chi connectivity index (χ1) is 14.5. The summed E-state index contributed by atoms with van der Waals surface area (Å²) in [5.41, 5.74) is 2.74. The Morgan fingerprint density at radius 2 is 1.70 bits per heavy atom. The zero-order chi connectivity index (χ0) is 21.1. The van der Waals surface area contributed by atoms with Crippen molar-refractivity contribution in [1.82, 2.24) is 4.98 Å². The zero-order valence-corrected chi connectivity index (χ0v) is 18.1. The molecule has 1 N–H and O–H groups in total. The van der Waals surface area contributed by atoms with Crippen LogP contribution in [-0.2, 0) is 9.53 Å². The van der Waals surface area contributed by atoms with Crippen LogP contribution in [0.3, 0.4) is 0 Å². The van der Waals surface area contributed by atoms with Crippen LogP contribution in [0.2, 0.25) is 0 Å². The molecule has 0 saturated heterocycles.